The Morgan fingerprint density at radius 2 is 1.88 bits per heavy atom. The van der Waals surface area contributed by atoms with Crippen molar-refractivity contribution in [3.05, 3.63) is 64.4 Å². The highest BCUT2D eigenvalue weighted by atomic mass is 79.9. The van der Waals surface area contributed by atoms with Crippen molar-refractivity contribution in [2.45, 2.75) is 38.0 Å². The largest absolute Gasteiger partial charge is 0.459 e. The predicted molar refractivity (Wildman–Crippen MR) is 118 cm³/mol. The van der Waals surface area contributed by atoms with E-state index in [4.69, 9.17) is 9.47 Å². The summed E-state index contributed by atoms with van der Waals surface area (Å²) in [4.78, 5) is 45.1. The molecule has 1 aromatic carbocycles. The number of pyridine rings is 1. The zero-order valence-electron chi connectivity index (χ0n) is 17.5. The maximum Gasteiger partial charge on any atom is 0.410 e. The molecule has 32 heavy (non-hydrogen) atoms. The SMILES string of the molecule is O=C(OCc1ccccc1)C1COC(=O)N1C1CCN(C(=O)Cc2cncc(Br)c2)CC1. The molecule has 168 valence electrons. The number of amides is 2. The van der Waals surface area contributed by atoms with Crippen molar-refractivity contribution in [1.82, 2.24) is 14.8 Å². The van der Waals surface area contributed by atoms with Crippen LogP contribution in [-0.4, -0.2) is 64.5 Å². The predicted octanol–water partition coefficient (Wildman–Crippen LogP) is 2.94. The number of rotatable bonds is 6. The lowest BCUT2D eigenvalue weighted by molar-refractivity contribution is -0.150. The Kier molecular flexibility index (Phi) is 7.04. The number of nitrogens with zero attached hydrogens (tertiary/aromatic N) is 3. The first-order valence-electron chi connectivity index (χ1n) is 10.5. The van der Waals surface area contributed by atoms with Gasteiger partial charge >= 0.3 is 12.1 Å². The molecule has 2 amide bonds. The van der Waals surface area contributed by atoms with Crippen molar-refractivity contribution in [2.24, 2.45) is 0 Å². The Morgan fingerprint density at radius 1 is 1.12 bits per heavy atom. The van der Waals surface area contributed by atoms with Crippen LogP contribution >= 0.6 is 15.9 Å². The quantitative estimate of drug-likeness (QED) is 0.565. The Hall–Kier alpha value is -2.94. The summed E-state index contributed by atoms with van der Waals surface area (Å²) in [6, 6.07) is 10.3. The number of benzene rings is 1. The van der Waals surface area contributed by atoms with Crippen LogP contribution in [0.4, 0.5) is 4.79 Å². The van der Waals surface area contributed by atoms with Crippen LogP contribution < -0.4 is 0 Å². The van der Waals surface area contributed by atoms with Crippen LogP contribution in [0.3, 0.4) is 0 Å². The molecule has 2 aliphatic rings. The van der Waals surface area contributed by atoms with E-state index in [0.29, 0.717) is 25.9 Å². The first-order valence-corrected chi connectivity index (χ1v) is 11.3. The van der Waals surface area contributed by atoms with Crippen molar-refractivity contribution in [3.8, 4) is 0 Å². The van der Waals surface area contributed by atoms with E-state index in [1.165, 1.54) is 4.90 Å². The number of ether oxygens (including phenoxy) is 2. The second-order valence-corrected chi connectivity index (χ2v) is 8.81. The first kappa shape index (κ1) is 22.3. The van der Waals surface area contributed by atoms with Gasteiger partial charge in [-0.15, -0.1) is 0 Å². The van der Waals surface area contributed by atoms with Crippen molar-refractivity contribution < 1.29 is 23.9 Å². The lowest BCUT2D eigenvalue weighted by Crippen LogP contribution is -2.52. The zero-order valence-corrected chi connectivity index (χ0v) is 19.1. The average molecular weight is 502 g/mol. The van der Waals surface area contributed by atoms with Crippen LogP contribution in [-0.2, 0) is 32.1 Å². The van der Waals surface area contributed by atoms with E-state index in [0.717, 1.165) is 15.6 Å². The molecule has 0 aliphatic carbocycles. The average Bonchev–Trinajstić information content (AvgIpc) is 3.19. The first-order chi connectivity index (χ1) is 15.5. The molecule has 0 saturated carbocycles. The van der Waals surface area contributed by atoms with Crippen molar-refractivity contribution in [2.75, 3.05) is 19.7 Å². The molecule has 0 N–H and O–H groups in total. The van der Waals surface area contributed by atoms with Gasteiger partial charge in [-0.2, -0.15) is 0 Å². The molecular formula is C23H24BrN3O5. The third-order valence-electron chi connectivity index (χ3n) is 5.73. The van der Waals surface area contributed by atoms with Crippen LogP contribution in [0.25, 0.3) is 0 Å². The molecule has 8 nitrogen and oxygen atoms in total. The fourth-order valence-corrected chi connectivity index (χ4v) is 4.49. The molecule has 0 radical (unpaired) electrons. The molecule has 1 atom stereocenters. The summed E-state index contributed by atoms with van der Waals surface area (Å²) in [7, 11) is 0. The van der Waals surface area contributed by atoms with Gasteiger partial charge in [-0.1, -0.05) is 30.3 Å². The summed E-state index contributed by atoms with van der Waals surface area (Å²) < 4.78 is 11.4. The third-order valence-corrected chi connectivity index (χ3v) is 6.17. The van der Waals surface area contributed by atoms with Crippen LogP contribution in [0.15, 0.2) is 53.3 Å². The number of aromatic nitrogens is 1. The van der Waals surface area contributed by atoms with Gasteiger partial charge < -0.3 is 14.4 Å². The summed E-state index contributed by atoms with van der Waals surface area (Å²) in [5.74, 6) is -0.452. The number of cyclic esters (lactones) is 1. The van der Waals surface area contributed by atoms with Crippen LogP contribution in [0.5, 0.6) is 0 Å². The molecule has 0 spiro atoms. The molecule has 1 unspecified atom stereocenters. The molecule has 2 aliphatic heterocycles. The molecule has 2 saturated heterocycles. The zero-order chi connectivity index (χ0) is 22.5. The molecule has 4 rings (SSSR count). The van der Waals surface area contributed by atoms with E-state index in [1.807, 2.05) is 36.4 Å². The number of piperidine rings is 1. The maximum absolute atomic E-state index is 12.7. The highest BCUT2D eigenvalue weighted by molar-refractivity contribution is 9.10. The molecule has 9 heteroatoms. The topological polar surface area (TPSA) is 89.0 Å². The summed E-state index contributed by atoms with van der Waals surface area (Å²) in [6.45, 7) is 1.16. The van der Waals surface area contributed by atoms with Gasteiger partial charge in [0.2, 0.25) is 5.91 Å². The number of halogens is 1. The minimum absolute atomic E-state index is 0.0124. The van der Waals surface area contributed by atoms with Gasteiger partial charge in [0.1, 0.15) is 13.2 Å². The van der Waals surface area contributed by atoms with E-state index in [9.17, 15) is 14.4 Å². The molecule has 2 fully saturated rings. The monoisotopic (exact) mass is 501 g/mol. The number of carbonyl (C=O) groups excluding carboxylic acids is 3. The Balaban J connectivity index is 1.31. The number of hydrogen-bond acceptors (Lipinski definition) is 6. The van der Waals surface area contributed by atoms with Gasteiger partial charge in [0.25, 0.3) is 0 Å². The molecular weight excluding hydrogens is 478 g/mol. The summed E-state index contributed by atoms with van der Waals surface area (Å²) >= 11 is 3.37. The minimum atomic E-state index is -0.758. The van der Waals surface area contributed by atoms with Gasteiger partial charge in [-0.3, -0.25) is 14.7 Å². The molecule has 3 heterocycles. The van der Waals surface area contributed by atoms with E-state index < -0.39 is 18.1 Å². The highest BCUT2D eigenvalue weighted by Gasteiger charge is 2.44. The highest BCUT2D eigenvalue weighted by Crippen LogP contribution is 2.25. The number of likely N-dealkylation sites (tertiary alicyclic amines) is 1. The number of hydrogen-bond donors (Lipinski definition) is 0. The van der Waals surface area contributed by atoms with Gasteiger partial charge in [0, 0.05) is 36.0 Å². The lowest BCUT2D eigenvalue weighted by Gasteiger charge is -2.37. The number of carbonyl (C=O) groups is 3. The van der Waals surface area contributed by atoms with E-state index in [2.05, 4.69) is 20.9 Å². The van der Waals surface area contributed by atoms with Gasteiger partial charge in [-0.25, -0.2) is 9.59 Å². The van der Waals surface area contributed by atoms with Crippen molar-refractivity contribution in [3.63, 3.8) is 0 Å². The molecule has 1 aromatic heterocycles. The fraction of sp³-hybridized carbons (Fsp3) is 0.391. The second kappa shape index (κ2) is 10.1. The second-order valence-electron chi connectivity index (χ2n) is 7.89. The third kappa shape index (κ3) is 5.27. The summed E-state index contributed by atoms with van der Waals surface area (Å²) in [5, 5.41) is 0. The normalized spacial score (nSPS) is 19.0. The van der Waals surface area contributed by atoms with Crippen LogP contribution in [0.2, 0.25) is 0 Å². The van der Waals surface area contributed by atoms with E-state index >= 15 is 0 Å². The number of esters is 1. The van der Waals surface area contributed by atoms with Crippen LogP contribution in [0.1, 0.15) is 24.0 Å². The van der Waals surface area contributed by atoms with Gasteiger partial charge in [0.15, 0.2) is 6.04 Å². The molecule has 2 aromatic rings. The summed E-state index contributed by atoms with van der Waals surface area (Å²) in [6.07, 6.45) is 4.30. The summed E-state index contributed by atoms with van der Waals surface area (Å²) in [5.41, 5.74) is 1.72. The Morgan fingerprint density at radius 3 is 2.59 bits per heavy atom. The maximum atomic E-state index is 12.7. The standard InChI is InChI=1S/C23H24BrN3O5/c24-18-10-17(12-25-13-18)11-21(28)26-8-6-19(7-9-26)27-20(15-32-23(27)30)22(29)31-14-16-4-2-1-3-5-16/h1-5,10,12-13,19-20H,6-9,11,14-15H2. The Labute approximate surface area is 194 Å². The van der Waals surface area contributed by atoms with Crippen molar-refractivity contribution >= 4 is 33.9 Å². The fourth-order valence-electron chi connectivity index (χ4n) is 4.07. The molecule has 0 bridgehead atoms. The lowest BCUT2D eigenvalue weighted by atomic mass is 10.0. The van der Waals surface area contributed by atoms with E-state index in [-0.39, 0.29) is 31.6 Å². The van der Waals surface area contributed by atoms with Gasteiger partial charge in [0.05, 0.1) is 6.42 Å². The van der Waals surface area contributed by atoms with E-state index in [1.54, 1.807) is 17.3 Å². The Bertz CT molecular complexity index is 979. The van der Waals surface area contributed by atoms with Gasteiger partial charge in [-0.05, 0) is 46.0 Å². The minimum Gasteiger partial charge on any atom is -0.459 e. The smallest absolute Gasteiger partial charge is 0.410 e. The van der Waals surface area contributed by atoms with Crippen molar-refractivity contribution in [1.29, 1.82) is 0 Å². The van der Waals surface area contributed by atoms with Crippen LogP contribution in [0, 0.1) is 0 Å².